The Kier molecular flexibility index (Phi) is 3.69. The first-order valence-electron chi connectivity index (χ1n) is 7.64. The van der Waals surface area contributed by atoms with Gasteiger partial charge < -0.3 is 5.73 Å². The Bertz CT molecular complexity index is 447. The zero-order valence-corrected chi connectivity index (χ0v) is 11.5. The van der Waals surface area contributed by atoms with Crippen LogP contribution >= 0.6 is 0 Å². The number of ketones is 1. The first-order chi connectivity index (χ1) is 9.29. The number of hydrogen-bond donors (Lipinski definition) is 1. The van der Waals surface area contributed by atoms with Gasteiger partial charge >= 0.3 is 0 Å². The van der Waals surface area contributed by atoms with E-state index in [1.807, 2.05) is 12.1 Å². The highest BCUT2D eigenvalue weighted by Gasteiger charge is 2.32. The molecule has 2 saturated carbocycles. The normalized spacial score (nSPS) is 27.2. The maximum absolute atomic E-state index is 12.5. The highest BCUT2D eigenvalue weighted by molar-refractivity contribution is 5.98. The van der Waals surface area contributed by atoms with Gasteiger partial charge in [-0.25, -0.2) is 0 Å². The van der Waals surface area contributed by atoms with Gasteiger partial charge in [-0.05, 0) is 49.6 Å². The van der Waals surface area contributed by atoms with Crippen LogP contribution in [0.4, 0.5) is 0 Å². The van der Waals surface area contributed by atoms with Gasteiger partial charge in [-0.3, -0.25) is 4.79 Å². The summed E-state index contributed by atoms with van der Waals surface area (Å²) in [5.41, 5.74) is 8.07. The highest BCUT2D eigenvalue weighted by atomic mass is 16.1. The lowest BCUT2D eigenvalue weighted by atomic mass is 9.79. The Balaban J connectivity index is 1.72. The fraction of sp³-hybridized carbons (Fsp3) is 0.588. The second-order valence-electron chi connectivity index (χ2n) is 6.15. The maximum atomic E-state index is 12.5. The third-order valence-corrected chi connectivity index (χ3v) is 5.07. The van der Waals surface area contributed by atoms with E-state index in [4.69, 9.17) is 5.73 Å². The SMILES string of the molecule is NCC1CCCC1C(=O)c1ccc(C2CCC2)cc1. The standard InChI is InChI=1S/C17H23NO/c18-11-15-5-2-6-16(15)17(19)14-9-7-13(8-10-14)12-3-1-4-12/h7-10,12,15-16H,1-6,11,18H2. The van der Waals surface area contributed by atoms with Gasteiger partial charge in [0.25, 0.3) is 0 Å². The van der Waals surface area contributed by atoms with Crippen LogP contribution in [0.25, 0.3) is 0 Å². The average molecular weight is 257 g/mol. The van der Waals surface area contributed by atoms with Crippen LogP contribution < -0.4 is 5.73 Å². The van der Waals surface area contributed by atoms with Crippen LogP contribution in [0.1, 0.15) is 60.4 Å². The molecule has 0 spiro atoms. The van der Waals surface area contributed by atoms with E-state index >= 15 is 0 Å². The third kappa shape index (κ3) is 2.46. The monoisotopic (exact) mass is 257 g/mol. The molecule has 0 saturated heterocycles. The number of carbonyl (C=O) groups excluding carboxylic acids is 1. The molecule has 2 nitrogen and oxygen atoms in total. The maximum Gasteiger partial charge on any atom is 0.166 e. The molecule has 2 N–H and O–H groups in total. The lowest BCUT2D eigenvalue weighted by molar-refractivity contribution is 0.0893. The summed E-state index contributed by atoms with van der Waals surface area (Å²) >= 11 is 0. The number of Topliss-reactive ketones (excluding diaryl/α,β-unsaturated/α-hetero) is 1. The molecule has 0 amide bonds. The number of nitrogens with two attached hydrogens (primary N) is 1. The van der Waals surface area contributed by atoms with Crippen LogP contribution in [0.3, 0.4) is 0 Å². The summed E-state index contributed by atoms with van der Waals surface area (Å²) in [6, 6.07) is 8.37. The summed E-state index contributed by atoms with van der Waals surface area (Å²) < 4.78 is 0. The van der Waals surface area contributed by atoms with E-state index in [9.17, 15) is 4.79 Å². The van der Waals surface area contributed by atoms with E-state index in [1.54, 1.807) is 0 Å². The minimum atomic E-state index is 0.166. The summed E-state index contributed by atoms with van der Waals surface area (Å²) in [5.74, 6) is 1.62. The Morgan fingerprint density at radius 1 is 1.05 bits per heavy atom. The van der Waals surface area contributed by atoms with E-state index < -0.39 is 0 Å². The summed E-state index contributed by atoms with van der Waals surface area (Å²) in [5, 5.41) is 0. The minimum Gasteiger partial charge on any atom is -0.330 e. The quantitative estimate of drug-likeness (QED) is 0.839. The molecule has 0 aliphatic heterocycles. The molecule has 2 atom stereocenters. The molecular weight excluding hydrogens is 234 g/mol. The average Bonchev–Trinajstić information content (AvgIpc) is 2.85. The molecule has 3 rings (SSSR count). The lowest BCUT2D eigenvalue weighted by Gasteiger charge is -2.26. The molecule has 2 aliphatic rings. The molecule has 1 aromatic carbocycles. The Labute approximate surface area is 115 Å². The van der Waals surface area contributed by atoms with Crippen molar-refractivity contribution >= 4 is 5.78 Å². The van der Waals surface area contributed by atoms with Crippen molar-refractivity contribution in [3.63, 3.8) is 0 Å². The molecule has 2 unspecified atom stereocenters. The van der Waals surface area contributed by atoms with Gasteiger partial charge in [0.05, 0.1) is 0 Å². The molecule has 2 heteroatoms. The zero-order valence-electron chi connectivity index (χ0n) is 11.5. The topological polar surface area (TPSA) is 43.1 Å². The van der Waals surface area contributed by atoms with E-state index in [1.165, 1.54) is 24.8 Å². The summed E-state index contributed by atoms with van der Waals surface area (Å²) in [6.45, 7) is 0.649. The van der Waals surface area contributed by atoms with Crippen LogP contribution in [-0.4, -0.2) is 12.3 Å². The first kappa shape index (κ1) is 12.9. The predicted octanol–water partition coefficient (Wildman–Crippen LogP) is 3.51. The Hall–Kier alpha value is -1.15. The van der Waals surface area contributed by atoms with E-state index in [0.29, 0.717) is 18.2 Å². The molecule has 0 aromatic heterocycles. The molecule has 2 aliphatic carbocycles. The van der Waals surface area contributed by atoms with Gasteiger partial charge in [-0.2, -0.15) is 0 Å². The van der Waals surface area contributed by atoms with Crippen molar-refractivity contribution in [2.24, 2.45) is 17.6 Å². The number of carbonyl (C=O) groups is 1. The minimum absolute atomic E-state index is 0.166. The second-order valence-corrected chi connectivity index (χ2v) is 6.15. The van der Waals surface area contributed by atoms with Crippen molar-refractivity contribution in [2.45, 2.75) is 44.4 Å². The van der Waals surface area contributed by atoms with Gasteiger partial charge in [-0.15, -0.1) is 0 Å². The molecule has 1 aromatic rings. The largest absolute Gasteiger partial charge is 0.330 e. The van der Waals surface area contributed by atoms with E-state index in [2.05, 4.69) is 12.1 Å². The smallest absolute Gasteiger partial charge is 0.166 e. The van der Waals surface area contributed by atoms with Crippen LogP contribution in [0.5, 0.6) is 0 Å². The molecule has 0 radical (unpaired) electrons. The second kappa shape index (κ2) is 5.46. The lowest BCUT2D eigenvalue weighted by Crippen LogP contribution is -2.25. The van der Waals surface area contributed by atoms with Crippen molar-refractivity contribution in [3.8, 4) is 0 Å². The van der Waals surface area contributed by atoms with Crippen molar-refractivity contribution in [1.82, 2.24) is 0 Å². The molecule has 19 heavy (non-hydrogen) atoms. The molecule has 2 fully saturated rings. The van der Waals surface area contributed by atoms with E-state index in [-0.39, 0.29) is 5.92 Å². The van der Waals surface area contributed by atoms with Crippen LogP contribution in [-0.2, 0) is 0 Å². The third-order valence-electron chi connectivity index (χ3n) is 5.07. The number of hydrogen-bond acceptors (Lipinski definition) is 2. The fourth-order valence-electron chi connectivity index (χ4n) is 3.54. The van der Waals surface area contributed by atoms with Crippen molar-refractivity contribution in [2.75, 3.05) is 6.54 Å². The molecule has 0 heterocycles. The Morgan fingerprint density at radius 2 is 1.74 bits per heavy atom. The summed E-state index contributed by atoms with van der Waals surface area (Å²) in [7, 11) is 0. The van der Waals surface area contributed by atoms with Gasteiger partial charge in [0.2, 0.25) is 0 Å². The van der Waals surface area contributed by atoms with Crippen molar-refractivity contribution in [1.29, 1.82) is 0 Å². The Morgan fingerprint density at radius 3 is 2.32 bits per heavy atom. The van der Waals surface area contributed by atoms with E-state index in [0.717, 1.165) is 30.7 Å². The fourth-order valence-corrected chi connectivity index (χ4v) is 3.54. The highest BCUT2D eigenvalue weighted by Crippen LogP contribution is 2.37. The molecule has 102 valence electrons. The summed E-state index contributed by atoms with van der Waals surface area (Å²) in [4.78, 5) is 12.5. The zero-order chi connectivity index (χ0) is 13.2. The van der Waals surface area contributed by atoms with Gasteiger partial charge in [0.1, 0.15) is 0 Å². The molecule has 0 bridgehead atoms. The van der Waals surface area contributed by atoms with Crippen molar-refractivity contribution in [3.05, 3.63) is 35.4 Å². The summed E-state index contributed by atoms with van der Waals surface area (Å²) in [6.07, 6.45) is 7.26. The van der Waals surface area contributed by atoms with Gasteiger partial charge in [0.15, 0.2) is 5.78 Å². The van der Waals surface area contributed by atoms with Gasteiger partial charge in [-0.1, -0.05) is 37.1 Å². The van der Waals surface area contributed by atoms with Gasteiger partial charge in [0, 0.05) is 11.5 Å². The van der Waals surface area contributed by atoms with Crippen molar-refractivity contribution < 1.29 is 4.79 Å². The van der Waals surface area contributed by atoms with Crippen LogP contribution in [0.2, 0.25) is 0 Å². The predicted molar refractivity (Wildman–Crippen MR) is 77.2 cm³/mol. The van der Waals surface area contributed by atoms with Crippen LogP contribution in [0.15, 0.2) is 24.3 Å². The number of rotatable bonds is 4. The molecular formula is C17H23NO. The van der Waals surface area contributed by atoms with Crippen LogP contribution in [0, 0.1) is 11.8 Å². The first-order valence-corrected chi connectivity index (χ1v) is 7.64. The number of benzene rings is 1.